The van der Waals surface area contributed by atoms with Crippen LogP contribution in [0.2, 0.25) is 0 Å². The summed E-state index contributed by atoms with van der Waals surface area (Å²) < 4.78 is 1.89. The van der Waals surface area contributed by atoms with Crippen molar-refractivity contribution in [2.45, 2.75) is 51.1 Å². The molecule has 3 nitrogen and oxygen atoms in total. The fraction of sp³-hybridized carbons (Fsp3) is 0.471. The van der Waals surface area contributed by atoms with Crippen molar-refractivity contribution in [1.82, 2.24) is 15.1 Å². The molecule has 2 aromatic rings. The van der Waals surface area contributed by atoms with Crippen LogP contribution < -0.4 is 5.32 Å². The molecule has 3 rings (SSSR count). The number of nitrogens with one attached hydrogen (secondary N) is 1. The molecule has 1 aromatic carbocycles. The van der Waals surface area contributed by atoms with Crippen molar-refractivity contribution in [3.05, 3.63) is 48.3 Å². The molecule has 1 fully saturated rings. The van der Waals surface area contributed by atoms with Gasteiger partial charge in [0.15, 0.2) is 0 Å². The van der Waals surface area contributed by atoms with Gasteiger partial charge in [-0.2, -0.15) is 5.10 Å². The highest BCUT2D eigenvalue weighted by Crippen LogP contribution is 2.17. The third-order valence-electron chi connectivity index (χ3n) is 4.16. The number of nitrogens with zero attached hydrogens (tertiary/aromatic N) is 2. The Morgan fingerprint density at radius 1 is 1.05 bits per heavy atom. The zero-order valence-electron chi connectivity index (χ0n) is 12.0. The molecule has 0 amide bonds. The quantitative estimate of drug-likeness (QED) is 0.858. The van der Waals surface area contributed by atoms with Crippen LogP contribution in [0.1, 0.15) is 44.1 Å². The second-order valence-corrected chi connectivity index (χ2v) is 5.69. The summed E-state index contributed by atoms with van der Waals surface area (Å²) in [4.78, 5) is 0. The SMILES string of the molecule is c1cnn(-c2ccc(CNC3CCCCCC3)cc2)c1. The topological polar surface area (TPSA) is 29.9 Å². The van der Waals surface area contributed by atoms with Gasteiger partial charge in [0.1, 0.15) is 0 Å². The Morgan fingerprint density at radius 2 is 1.80 bits per heavy atom. The largest absolute Gasteiger partial charge is 0.310 e. The first kappa shape index (κ1) is 13.4. The van der Waals surface area contributed by atoms with E-state index >= 15 is 0 Å². The molecule has 0 radical (unpaired) electrons. The Balaban J connectivity index is 1.55. The van der Waals surface area contributed by atoms with E-state index < -0.39 is 0 Å². The minimum Gasteiger partial charge on any atom is -0.310 e. The van der Waals surface area contributed by atoms with E-state index in [1.54, 1.807) is 0 Å². The molecule has 0 spiro atoms. The highest BCUT2D eigenvalue weighted by Gasteiger charge is 2.11. The Morgan fingerprint density at radius 3 is 2.45 bits per heavy atom. The molecule has 0 saturated heterocycles. The van der Waals surface area contributed by atoms with Crippen LogP contribution in [0.25, 0.3) is 5.69 Å². The van der Waals surface area contributed by atoms with Crippen molar-refractivity contribution in [1.29, 1.82) is 0 Å². The third-order valence-corrected chi connectivity index (χ3v) is 4.16. The highest BCUT2D eigenvalue weighted by atomic mass is 15.3. The van der Waals surface area contributed by atoms with Crippen molar-refractivity contribution >= 4 is 0 Å². The number of aromatic nitrogens is 2. The first-order valence-electron chi connectivity index (χ1n) is 7.74. The molecule has 0 bridgehead atoms. The van der Waals surface area contributed by atoms with Crippen LogP contribution in [0.3, 0.4) is 0 Å². The van der Waals surface area contributed by atoms with E-state index in [9.17, 15) is 0 Å². The fourth-order valence-electron chi connectivity index (χ4n) is 2.93. The van der Waals surface area contributed by atoms with Crippen molar-refractivity contribution in [2.75, 3.05) is 0 Å². The van der Waals surface area contributed by atoms with Gasteiger partial charge in [-0.25, -0.2) is 4.68 Å². The molecule has 1 saturated carbocycles. The molecule has 106 valence electrons. The summed E-state index contributed by atoms with van der Waals surface area (Å²) in [7, 11) is 0. The summed E-state index contributed by atoms with van der Waals surface area (Å²) in [6.07, 6.45) is 12.1. The van der Waals surface area contributed by atoms with Gasteiger partial charge in [0.05, 0.1) is 5.69 Å². The van der Waals surface area contributed by atoms with Crippen LogP contribution >= 0.6 is 0 Å². The lowest BCUT2D eigenvalue weighted by molar-refractivity contribution is 0.459. The van der Waals surface area contributed by atoms with Crippen LogP contribution in [0.5, 0.6) is 0 Å². The molecule has 1 heterocycles. The van der Waals surface area contributed by atoms with E-state index in [-0.39, 0.29) is 0 Å². The van der Waals surface area contributed by atoms with Crippen molar-refractivity contribution < 1.29 is 0 Å². The van der Waals surface area contributed by atoms with Gasteiger partial charge >= 0.3 is 0 Å². The Bertz CT molecular complexity index is 494. The summed E-state index contributed by atoms with van der Waals surface area (Å²) in [6, 6.07) is 11.3. The summed E-state index contributed by atoms with van der Waals surface area (Å²) in [5.41, 5.74) is 2.47. The smallest absolute Gasteiger partial charge is 0.0645 e. The van der Waals surface area contributed by atoms with E-state index in [0.717, 1.165) is 12.2 Å². The molecule has 3 heteroatoms. The standard InChI is InChI=1S/C17H23N3/c1-2-4-7-16(6-3-1)18-14-15-8-10-17(11-9-15)20-13-5-12-19-20/h5,8-13,16,18H,1-4,6-7,14H2. The Hall–Kier alpha value is -1.61. The minimum atomic E-state index is 0.711. The minimum absolute atomic E-state index is 0.711. The van der Waals surface area contributed by atoms with Gasteiger partial charge in [-0.3, -0.25) is 0 Å². The summed E-state index contributed by atoms with van der Waals surface area (Å²) in [5, 5.41) is 7.96. The van der Waals surface area contributed by atoms with E-state index in [1.165, 1.54) is 44.1 Å². The molecule has 20 heavy (non-hydrogen) atoms. The average Bonchev–Trinajstić information content (AvgIpc) is 2.90. The third kappa shape index (κ3) is 3.48. The monoisotopic (exact) mass is 269 g/mol. The molecule has 0 unspecified atom stereocenters. The van der Waals surface area contributed by atoms with E-state index in [2.05, 4.69) is 34.7 Å². The van der Waals surface area contributed by atoms with Crippen molar-refractivity contribution in [3.8, 4) is 5.69 Å². The molecule has 1 N–H and O–H groups in total. The van der Waals surface area contributed by atoms with Crippen molar-refractivity contribution in [3.63, 3.8) is 0 Å². The van der Waals surface area contributed by atoms with Crippen molar-refractivity contribution in [2.24, 2.45) is 0 Å². The second-order valence-electron chi connectivity index (χ2n) is 5.69. The normalized spacial score (nSPS) is 17.0. The van der Waals surface area contributed by atoms with Crippen LogP contribution in [-0.2, 0) is 6.54 Å². The maximum atomic E-state index is 4.25. The van der Waals surface area contributed by atoms with E-state index in [4.69, 9.17) is 0 Å². The zero-order chi connectivity index (χ0) is 13.6. The van der Waals surface area contributed by atoms with Crippen LogP contribution in [0, 0.1) is 0 Å². The van der Waals surface area contributed by atoms with Crippen LogP contribution in [0.4, 0.5) is 0 Å². The molecular formula is C17H23N3. The predicted molar refractivity (Wildman–Crippen MR) is 81.9 cm³/mol. The first-order valence-corrected chi connectivity index (χ1v) is 7.74. The Labute approximate surface area is 121 Å². The summed E-state index contributed by atoms with van der Waals surface area (Å²) in [6.45, 7) is 0.976. The van der Waals surface area contributed by atoms with Gasteiger partial charge in [-0.05, 0) is 36.6 Å². The molecule has 0 atom stereocenters. The van der Waals surface area contributed by atoms with E-state index in [0.29, 0.717) is 6.04 Å². The molecule has 0 aliphatic heterocycles. The van der Waals surface area contributed by atoms with Crippen LogP contribution in [0.15, 0.2) is 42.7 Å². The second kappa shape index (κ2) is 6.71. The number of hydrogen-bond donors (Lipinski definition) is 1. The molecule has 1 aliphatic rings. The summed E-state index contributed by atoms with van der Waals surface area (Å²) in [5.74, 6) is 0. The predicted octanol–water partition coefficient (Wildman–Crippen LogP) is 3.68. The van der Waals surface area contributed by atoms with Gasteiger partial charge in [0.2, 0.25) is 0 Å². The first-order chi connectivity index (χ1) is 9.92. The lowest BCUT2D eigenvalue weighted by Crippen LogP contribution is -2.27. The van der Waals surface area contributed by atoms with E-state index in [1.807, 2.05) is 23.1 Å². The van der Waals surface area contributed by atoms with Gasteiger partial charge in [-0.15, -0.1) is 0 Å². The lowest BCUT2D eigenvalue weighted by atomic mass is 10.1. The highest BCUT2D eigenvalue weighted by molar-refractivity contribution is 5.33. The number of rotatable bonds is 4. The van der Waals surface area contributed by atoms with Gasteiger partial charge in [0.25, 0.3) is 0 Å². The van der Waals surface area contributed by atoms with Gasteiger partial charge in [0, 0.05) is 25.0 Å². The maximum Gasteiger partial charge on any atom is 0.0645 e. The fourth-order valence-corrected chi connectivity index (χ4v) is 2.93. The molecular weight excluding hydrogens is 246 g/mol. The number of hydrogen-bond acceptors (Lipinski definition) is 2. The van der Waals surface area contributed by atoms with Gasteiger partial charge in [-0.1, -0.05) is 37.8 Å². The molecule has 1 aromatic heterocycles. The molecule has 1 aliphatic carbocycles. The number of benzene rings is 1. The average molecular weight is 269 g/mol. The summed E-state index contributed by atoms with van der Waals surface area (Å²) >= 11 is 0. The van der Waals surface area contributed by atoms with Crippen LogP contribution in [-0.4, -0.2) is 15.8 Å². The zero-order valence-corrected chi connectivity index (χ0v) is 12.0. The Kier molecular flexibility index (Phi) is 4.49. The lowest BCUT2D eigenvalue weighted by Gasteiger charge is -2.16. The maximum absolute atomic E-state index is 4.25. The van der Waals surface area contributed by atoms with Gasteiger partial charge < -0.3 is 5.32 Å².